The van der Waals surface area contributed by atoms with Crippen molar-refractivity contribution in [2.45, 2.75) is 13.0 Å². The van der Waals surface area contributed by atoms with Crippen molar-refractivity contribution in [3.05, 3.63) is 40.1 Å². The highest BCUT2D eigenvalue weighted by Gasteiger charge is 2.08. The standard InChI is InChI=1S/C10H12BrN5/c11-9-4-2-1-3-8(9)7-10-13-14-15-16(10)6-5-12/h1-4H,5-7,12H2. The Bertz CT molecular complexity index is 468. The van der Waals surface area contributed by atoms with E-state index in [0.29, 0.717) is 19.5 Å². The molecule has 2 rings (SSSR count). The molecule has 1 heterocycles. The molecule has 0 radical (unpaired) electrons. The zero-order valence-electron chi connectivity index (χ0n) is 8.67. The van der Waals surface area contributed by atoms with Crippen LogP contribution in [-0.2, 0) is 13.0 Å². The van der Waals surface area contributed by atoms with Crippen molar-refractivity contribution in [1.82, 2.24) is 20.2 Å². The Hall–Kier alpha value is -1.27. The Morgan fingerprint density at radius 3 is 2.88 bits per heavy atom. The van der Waals surface area contributed by atoms with Gasteiger partial charge < -0.3 is 5.73 Å². The predicted molar refractivity (Wildman–Crippen MR) is 63.8 cm³/mol. The van der Waals surface area contributed by atoms with E-state index in [4.69, 9.17) is 5.73 Å². The number of hydrogen-bond donors (Lipinski definition) is 1. The molecule has 84 valence electrons. The van der Waals surface area contributed by atoms with Crippen LogP contribution in [0, 0.1) is 0 Å². The molecular formula is C10H12BrN5. The van der Waals surface area contributed by atoms with Gasteiger partial charge in [-0.25, -0.2) is 4.68 Å². The molecule has 0 amide bonds. The summed E-state index contributed by atoms with van der Waals surface area (Å²) in [7, 11) is 0. The molecule has 0 aliphatic carbocycles. The summed E-state index contributed by atoms with van der Waals surface area (Å²) in [5, 5.41) is 11.5. The second-order valence-corrected chi connectivity index (χ2v) is 4.23. The first kappa shape index (κ1) is 11.2. The molecular weight excluding hydrogens is 270 g/mol. The van der Waals surface area contributed by atoms with Crippen molar-refractivity contribution in [3.63, 3.8) is 0 Å². The lowest BCUT2D eigenvalue weighted by molar-refractivity contribution is 0.578. The second-order valence-electron chi connectivity index (χ2n) is 3.38. The molecule has 2 aromatic rings. The van der Waals surface area contributed by atoms with Gasteiger partial charge in [0.2, 0.25) is 0 Å². The third kappa shape index (κ3) is 2.45. The number of aromatic nitrogens is 4. The first-order chi connectivity index (χ1) is 7.81. The lowest BCUT2D eigenvalue weighted by Gasteiger charge is -2.04. The van der Waals surface area contributed by atoms with Crippen molar-refractivity contribution in [2.24, 2.45) is 5.73 Å². The Morgan fingerprint density at radius 2 is 2.12 bits per heavy atom. The summed E-state index contributed by atoms with van der Waals surface area (Å²) in [4.78, 5) is 0. The van der Waals surface area contributed by atoms with Crippen molar-refractivity contribution in [1.29, 1.82) is 0 Å². The van der Waals surface area contributed by atoms with Gasteiger partial charge in [-0.3, -0.25) is 0 Å². The van der Waals surface area contributed by atoms with E-state index in [1.54, 1.807) is 4.68 Å². The average Bonchev–Trinajstić information content (AvgIpc) is 2.70. The van der Waals surface area contributed by atoms with E-state index >= 15 is 0 Å². The summed E-state index contributed by atoms with van der Waals surface area (Å²) in [6.07, 6.45) is 0.703. The maximum absolute atomic E-state index is 5.49. The van der Waals surface area contributed by atoms with Crippen LogP contribution in [0.3, 0.4) is 0 Å². The molecule has 0 fully saturated rings. The Balaban J connectivity index is 2.20. The summed E-state index contributed by atoms with van der Waals surface area (Å²) >= 11 is 3.50. The van der Waals surface area contributed by atoms with Crippen LogP contribution in [0.2, 0.25) is 0 Å². The summed E-state index contributed by atoms with van der Waals surface area (Å²) in [5.74, 6) is 0.831. The number of hydrogen-bond acceptors (Lipinski definition) is 4. The topological polar surface area (TPSA) is 69.6 Å². The monoisotopic (exact) mass is 281 g/mol. The van der Waals surface area contributed by atoms with Gasteiger partial charge in [-0.15, -0.1) is 5.10 Å². The Kier molecular flexibility index (Phi) is 3.63. The first-order valence-corrected chi connectivity index (χ1v) is 5.79. The molecule has 2 N–H and O–H groups in total. The van der Waals surface area contributed by atoms with Crippen LogP contribution >= 0.6 is 15.9 Å². The van der Waals surface area contributed by atoms with Crippen LogP contribution in [0.25, 0.3) is 0 Å². The van der Waals surface area contributed by atoms with Gasteiger partial charge in [0, 0.05) is 17.4 Å². The molecule has 5 nitrogen and oxygen atoms in total. The minimum Gasteiger partial charge on any atom is -0.329 e. The van der Waals surface area contributed by atoms with Gasteiger partial charge in [0.05, 0.1) is 6.54 Å². The van der Waals surface area contributed by atoms with Crippen molar-refractivity contribution >= 4 is 15.9 Å². The number of nitrogens with zero attached hydrogens (tertiary/aromatic N) is 4. The molecule has 1 aromatic heterocycles. The van der Waals surface area contributed by atoms with E-state index in [1.165, 1.54) is 0 Å². The fraction of sp³-hybridized carbons (Fsp3) is 0.300. The quantitative estimate of drug-likeness (QED) is 0.907. The number of rotatable bonds is 4. The number of nitrogens with two attached hydrogens (primary N) is 1. The largest absolute Gasteiger partial charge is 0.329 e. The third-order valence-electron chi connectivity index (χ3n) is 2.25. The summed E-state index contributed by atoms with van der Waals surface area (Å²) in [6, 6.07) is 8.03. The van der Waals surface area contributed by atoms with Crippen LogP contribution in [-0.4, -0.2) is 26.8 Å². The molecule has 0 unspecified atom stereocenters. The fourth-order valence-electron chi connectivity index (χ4n) is 1.46. The zero-order valence-corrected chi connectivity index (χ0v) is 10.3. The van der Waals surface area contributed by atoms with E-state index in [-0.39, 0.29) is 0 Å². The molecule has 0 saturated carbocycles. The lowest BCUT2D eigenvalue weighted by atomic mass is 10.1. The van der Waals surface area contributed by atoms with Crippen molar-refractivity contribution in [3.8, 4) is 0 Å². The van der Waals surface area contributed by atoms with E-state index < -0.39 is 0 Å². The maximum Gasteiger partial charge on any atom is 0.155 e. The number of tetrazole rings is 1. The molecule has 0 atom stereocenters. The van der Waals surface area contributed by atoms with E-state index in [0.717, 1.165) is 15.9 Å². The third-order valence-corrected chi connectivity index (χ3v) is 3.03. The maximum atomic E-state index is 5.49. The van der Waals surface area contributed by atoms with Crippen LogP contribution in [0.4, 0.5) is 0 Å². The van der Waals surface area contributed by atoms with Crippen LogP contribution < -0.4 is 5.73 Å². The van der Waals surface area contributed by atoms with Crippen LogP contribution in [0.5, 0.6) is 0 Å². The molecule has 0 spiro atoms. The number of halogens is 1. The summed E-state index contributed by atoms with van der Waals surface area (Å²) < 4.78 is 2.80. The fourth-order valence-corrected chi connectivity index (χ4v) is 1.88. The Labute approximate surface area is 102 Å². The van der Waals surface area contributed by atoms with Gasteiger partial charge >= 0.3 is 0 Å². The lowest BCUT2D eigenvalue weighted by Crippen LogP contribution is -2.14. The van der Waals surface area contributed by atoms with Gasteiger partial charge in [0.1, 0.15) is 0 Å². The Morgan fingerprint density at radius 1 is 1.31 bits per heavy atom. The second kappa shape index (κ2) is 5.18. The highest BCUT2D eigenvalue weighted by atomic mass is 79.9. The van der Waals surface area contributed by atoms with Crippen LogP contribution in [0.1, 0.15) is 11.4 Å². The van der Waals surface area contributed by atoms with E-state index in [2.05, 4.69) is 31.5 Å². The highest BCUT2D eigenvalue weighted by molar-refractivity contribution is 9.10. The minimum atomic E-state index is 0.536. The molecule has 16 heavy (non-hydrogen) atoms. The molecule has 6 heteroatoms. The van der Waals surface area contributed by atoms with Gasteiger partial charge in [0.25, 0.3) is 0 Å². The molecule has 0 aliphatic rings. The highest BCUT2D eigenvalue weighted by Crippen LogP contribution is 2.18. The smallest absolute Gasteiger partial charge is 0.155 e. The minimum absolute atomic E-state index is 0.536. The first-order valence-electron chi connectivity index (χ1n) is 5.00. The SMILES string of the molecule is NCCn1nnnc1Cc1ccccc1Br. The molecule has 0 bridgehead atoms. The van der Waals surface area contributed by atoms with Gasteiger partial charge in [-0.1, -0.05) is 34.1 Å². The number of benzene rings is 1. The molecule has 0 aliphatic heterocycles. The normalized spacial score (nSPS) is 10.6. The van der Waals surface area contributed by atoms with Crippen LogP contribution in [0.15, 0.2) is 28.7 Å². The van der Waals surface area contributed by atoms with Gasteiger partial charge in [0.15, 0.2) is 5.82 Å². The van der Waals surface area contributed by atoms with Crippen molar-refractivity contribution < 1.29 is 0 Å². The average molecular weight is 282 g/mol. The van der Waals surface area contributed by atoms with Gasteiger partial charge in [-0.2, -0.15) is 0 Å². The summed E-state index contributed by atoms with van der Waals surface area (Å²) in [5.41, 5.74) is 6.65. The van der Waals surface area contributed by atoms with E-state index in [1.807, 2.05) is 24.3 Å². The molecule has 0 saturated heterocycles. The zero-order chi connectivity index (χ0) is 11.4. The van der Waals surface area contributed by atoms with Gasteiger partial charge in [-0.05, 0) is 22.1 Å². The molecule has 1 aromatic carbocycles. The summed E-state index contributed by atoms with van der Waals surface area (Å²) in [6.45, 7) is 1.18. The predicted octanol–water partition coefficient (Wildman–Crippen LogP) is 0.985. The van der Waals surface area contributed by atoms with E-state index in [9.17, 15) is 0 Å². The van der Waals surface area contributed by atoms with Crippen molar-refractivity contribution in [2.75, 3.05) is 6.54 Å².